The molecular formula is C56H54O21. The third kappa shape index (κ3) is 16.9. The quantitative estimate of drug-likeness (QED) is 0.0570. The average Bonchev–Trinajstić information content (AvgIpc) is 3.46. The highest BCUT2D eigenvalue weighted by Gasteiger charge is 2.21. The topological polar surface area (TPSA) is 296 Å². The van der Waals surface area contributed by atoms with Gasteiger partial charge >= 0.3 is 17.9 Å². The number of carbonyl (C=O) groups is 6. The lowest BCUT2D eigenvalue weighted by Crippen LogP contribution is -2.17. The lowest BCUT2D eigenvalue weighted by atomic mass is 10.0. The summed E-state index contributed by atoms with van der Waals surface area (Å²) >= 11 is 0. The Bertz CT molecular complexity index is 2910. The number of phenols is 2. The Morgan fingerprint density at radius 1 is 0.416 bits per heavy atom. The highest BCUT2D eigenvalue weighted by molar-refractivity contribution is 6.43. The summed E-state index contributed by atoms with van der Waals surface area (Å²) in [5, 5.41) is 43.3. The van der Waals surface area contributed by atoms with Gasteiger partial charge in [0.15, 0.2) is 74.8 Å². The van der Waals surface area contributed by atoms with Crippen molar-refractivity contribution >= 4 is 35.3 Å². The van der Waals surface area contributed by atoms with Gasteiger partial charge in [0.05, 0.1) is 12.3 Å². The van der Waals surface area contributed by atoms with Gasteiger partial charge in [-0.25, -0.2) is 4.79 Å². The van der Waals surface area contributed by atoms with E-state index in [0.717, 1.165) is 22.6 Å². The fraction of sp³-hybridized carbons (Fsp3) is 0.250. The molecule has 11 rings (SSSR count). The number of ether oxygens (including phenoxy) is 10. The van der Waals surface area contributed by atoms with Crippen LogP contribution >= 0.6 is 0 Å². The number of benzene rings is 6. The third-order valence-corrected chi connectivity index (χ3v) is 10.9. The number of rotatable bonds is 8. The molecule has 77 heavy (non-hydrogen) atoms. The maximum atomic E-state index is 11.4. The van der Waals surface area contributed by atoms with Crippen LogP contribution in [0.4, 0.5) is 0 Å². The molecule has 6 aromatic rings. The number of hydrogen-bond acceptors (Lipinski definition) is 18. The van der Waals surface area contributed by atoms with E-state index in [1.165, 1.54) is 43.3 Å². The number of para-hydroxylation sites is 4. The van der Waals surface area contributed by atoms with Gasteiger partial charge in [0.25, 0.3) is 5.78 Å². The minimum absolute atomic E-state index is 0.0106. The van der Waals surface area contributed by atoms with Crippen molar-refractivity contribution in [1.29, 1.82) is 0 Å². The molecule has 6 aromatic carbocycles. The van der Waals surface area contributed by atoms with Crippen LogP contribution in [0.15, 0.2) is 121 Å². The summed E-state index contributed by atoms with van der Waals surface area (Å²) in [6, 6.07) is 33.3. The molecule has 5 aliphatic heterocycles. The van der Waals surface area contributed by atoms with Crippen molar-refractivity contribution in [3.8, 4) is 69.0 Å². The SMILES string of the molecule is CC(=O)C(=O)c1ccc2c(c1)OCCO2.CC(C(=O)O)c1ccc2c(c1)OCCO2.O=C(O)C(=O)c1ccc2c(c1)OCCO2.O=C(O)Cc1ccc2c(c1)OCCO2.Oc1ccccc1O.c1ccc2c(c1)OCCO2. The van der Waals surface area contributed by atoms with Crippen LogP contribution in [0.2, 0.25) is 0 Å². The Balaban J connectivity index is 0.000000151. The molecule has 0 spiro atoms. The zero-order valence-corrected chi connectivity index (χ0v) is 41.7. The minimum Gasteiger partial charge on any atom is -0.504 e. The highest BCUT2D eigenvalue weighted by Crippen LogP contribution is 2.35. The van der Waals surface area contributed by atoms with E-state index >= 15 is 0 Å². The summed E-state index contributed by atoms with van der Waals surface area (Å²) in [6.07, 6.45) is 0.0106. The van der Waals surface area contributed by atoms with Gasteiger partial charge in [-0.05, 0) is 103 Å². The van der Waals surface area contributed by atoms with Crippen molar-refractivity contribution in [1.82, 2.24) is 0 Å². The minimum atomic E-state index is -1.48. The summed E-state index contributed by atoms with van der Waals surface area (Å²) in [7, 11) is 0. The van der Waals surface area contributed by atoms with Crippen LogP contribution in [-0.4, -0.2) is 127 Å². The van der Waals surface area contributed by atoms with Crippen molar-refractivity contribution in [3.63, 3.8) is 0 Å². The van der Waals surface area contributed by atoms with Crippen LogP contribution in [0, 0.1) is 0 Å². The number of ketones is 3. The molecule has 5 N–H and O–H groups in total. The first-order chi connectivity index (χ1) is 37.1. The standard InChI is InChI=1S/C11H10O4.C11H12O4.C10H8O5.C10H10O4.C8H8O2.C6H6O2/c1-7(12)11(13)8-2-3-9-10(6-8)15-5-4-14-9;1-7(11(12)13)8-2-3-9-10(6-8)15-5-4-14-9;11-9(10(12)13)6-1-2-7-8(5-6)15-4-3-14-7;11-10(12)6-7-1-2-8-9(5-7)14-4-3-13-8;1-2-4-8-7(3-1)9-5-6-10-8;7-5-3-1-2-4-6(5)8/h2-3,6H,4-5H2,1H3;2-3,6-7H,4-5H2,1H3,(H,12,13);1-2,5H,3-4H2,(H,12,13);1-2,5H,3-4,6H2,(H,11,12);1-4H,5-6H2;1-4,7-8H. The molecule has 21 heteroatoms. The van der Waals surface area contributed by atoms with Crippen LogP contribution in [0.3, 0.4) is 0 Å². The van der Waals surface area contributed by atoms with Crippen molar-refractivity contribution in [2.45, 2.75) is 26.2 Å². The summed E-state index contributed by atoms with van der Waals surface area (Å²) in [6.45, 7) is 8.17. The molecule has 0 saturated heterocycles. The van der Waals surface area contributed by atoms with Crippen LogP contribution < -0.4 is 47.4 Å². The number of carboxylic acids is 3. The van der Waals surface area contributed by atoms with Gasteiger partial charge < -0.3 is 72.9 Å². The maximum Gasteiger partial charge on any atom is 0.377 e. The first-order valence-corrected chi connectivity index (χ1v) is 23.7. The van der Waals surface area contributed by atoms with Gasteiger partial charge in [-0.15, -0.1) is 0 Å². The van der Waals surface area contributed by atoms with E-state index < -0.39 is 41.2 Å². The first kappa shape index (κ1) is 56.6. The van der Waals surface area contributed by atoms with Crippen molar-refractivity contribution in [2.75, 3.05) is 66.1 Å². The number of carbonyl (C=O) groups excluding carboxylic acids is 3. The molecule has 1 unspecified atom stereocenters. The number of fused-ring (bicyclic) bond motifs is 5. The molecule has 0 bridgehead atoms. The molecule has 0 fully saturated rings. The van der Waals surface area contributed by atoms with Crippen LogP contribution in [0.1, 0.15) is 51.6 Å². The highest BCUT2D eigenvalue weighted by atomic mass is 16.6. The van der Waals surface area contributed by atoms with Crippen molar-refractivity contribution < 1.29 is 102 Å². The lowest BCUT2D eigenvalue weighted by molar-refractivity contribution is -0.138. The zero-order valence-electron chi connectivity index (χ0n) is 41.7. The lowest BCUT2D eigenvalue weighted by Gasteiger charge is -2.19. The van der Waals surface area contributed by atoms with Gasteiger partial charge in [0, 0.05) is 18.1 Å². The predicted molar refractivity (Wildman–Crippen MR) is 271 cm³/mol. The normalized spacial score (nSPS) is 13.6. The van der Waals surface area contributed by atoms with Crippen molar-refractivity contribution in [3.05, 3.63) is 144 Å². The Morgan fingerprint density at radius 3 is 1.13 bits per heavy atom. The van der Waals surface area contributed by atoms with E-state index in [1.807, 2.05) is 24.3 Å². The molecule has 0 radical (unpaired) electrons. The van der Waals surface area contributed by atoms with Crippen LogP contribution in [-0.2, 0) is 25.6 Å². The molecule has 0 saturated carbocycles. The van der Waals surface area contributed by atoms with Crippen LogP contribution in [0.5, 0.6) is 69.0 Å². The van der Waals surface area contributed by atoms with Crippen LogP contribution in [0.25, 0.3) is 0 Å². The number of Topliss-reactive ketones (excluding diaryl/α,β-unsaturated/α-hetero) is 3. The smallest absolute Gasteiger partial charge is 0.377 e. The number of carboxylic acid groups (broad SMARTS) is 3. The molecular weight excluding hydrogens is 1010 g/mol. The van der Waals surface area contributed by atoms with Gasteiger partial charge in [-0.3, -0.25) is 24.0 Å². The van der Waals surface area contributed by atoms with E-state index in [1.54, 1.807) is 67.6 Å². The summed E-state index contributed by atoms with van der Waals surface area (Å²) in [4.78, 5) is 65.1. The second-order valence-electron chi connectivity index (χ2n) is 16.4. The van der Waals surface area contributed by atoms with Gasteiger partial charge in [0.2, 0.25) is 5.78 Å². The van der Waals surface area contributed by atoms with E-state index in [-0.39, 0.29) is 23.5 Å². The summed E-state index contributed by atoms with van der Waals surface area (Å²) in [5.74, 6) is 0.634. The van der Waals surface area contributed by atoms with Gasteiger partial charge in [-0.1, -0.05) is 36.4 Å². The molecule has 0 aliphatic carbocycles. The Hall–Kier alpha value is -9.66. The Labute approximate surface area is 440 Å². The van der Waals surface area contributed by atoms with E-state index in [2.05, 4.69) is 0 Å². The average molecular weight is 1060 g/mol. The maximum absolute atomic E-state index is 11.4. The van der Waals surface area contributed by atoms with Crippen molar-refractivity contribution in [2.24, 2.45) is 0 Å². The number of hydrogen-bond donors (Lipinski definition) is 5. The summed E-state index contributed by atoms with van der Waals surface area (Å²) in [5.41, 5.74) is 1.88. The Morgan fingerprint density at radius 2 is 0.753 bits per heavy atom. The molecule has 21 nitrogen and oxygen atoms in total. The van der Waals surface area contributed by atoms with Gasteiger partial charge in [0.1, 0.15) is 66.1 Å². The Kier molecular flexibility index (Phi) is 20.7. The van der Waals surface area contributed by atoms with E-state index in [9.17, 15) is 28.8 Å². The second kappa shape index (κ2) is 28.1. The second-order valence-corrected chi connectivity index (χ2v) is 16.4. The largest absolute Gasteiger partial charge is 0.504 e. The fourth-order valence-electron chi connectivity index (χ4n) is 7.00. The van der Waals surface area contributed by atoms with Gasteiger partial charge in [-0.2, -0.15) is 0 Å². The first-order valence-electron chi connectivity index (χ1n) is 23.7. The third-order valence-electron chi connectivity index (χ3n) is 10.9. The molecule has 404 valence electrons. The van der Waals surface area contributed by atoms with E-state index in [0.29, 0.717) is 118 Å². The zero-order chi connectivity index (χ0) is 55.3. The molecule has 1 atom stereocenters. The molecule has 0 aromatic heterocycles. The van der Waals surface area contributed by atoms with E-state index in [4.69, 9.17) is 72.9 Å². The predicted octanol–water partition coefficient (Wildman–Crippen LogP) is 7.24. The monoisotopic (exact) mass is 1060 g/mol. The number of aromatic hydroxyl groups is 2. The summed E-state index contributed by atoms with van der Waals surface area (Å²) < 4.78 is 53.0. The molecule has 5 heterocycles. The molecule has 5 aliphatic rings. The molecule has 0 amide bonds. The fourth-order valence-corrected chi connectivity index (χ4v) is 7.00. The number of phenolic OH excluding ortho intramolecular Hbond substituents is 2. The number of aliphatic carboxylic acids is 3.